The lowest BCUT2D eigenvalue weighted by Gasteiger charge is -2.19. The minimum atomic E-state index is -0.897. The zero-order valence-corrected chi connectivity index (χ0v) is 11.6. The Morgan fingerprint density at radius 2 is 1.52 bits per heavy atom. The van der Waals surface area contributed by atoms with Crippen LogP contribution in [0.15, 0.2) is 69.9 Å². The molecule has 1 N–H and O–H groups in total. The van der Waals surface area contributed by atoms with Crippen molar-refractivity contribution in [3.8, 4) is 0 Å². The van der Waals surface area contributed by atoms with Crippen molar-refractivity contribution in [1.29, 1.82) is 0 Å². The fraction of sp³-hybridized carbons (Fsp3) is 0.222. The van der Waals surface area contributed by atoms with Gasteiger partial charge in [0.15, 0.2) is 0 Å². The predicted octanol–water partition coefficient (Wildman–Crippen LogP) is 3.43. The predicted molar refractivity (Wildman–Crippen MR) is 80.7 cm³/mol. The van der Waals surface area contributed by atoms with E-state index in [1.54, 1.807) is 6.08 Å². The van der Waals surface area contributed by atoms with Gasteiger partial charge in [0, 0.05) is 5.57 Å². The van der Waals surface area contributed by atoms with E-state index in [1.165, 1.54) is 0 Å². The molecule has 0 amide bonds. The molecule has 0 saturated heterocycles. The largest absolute Gasteiger partial charge is 0.478 e. The normalized spacial score (nSPS) is 21.0. The molecule has 0 spiro atoms. The average Bonchev–Trinajstić information content (AvgIpc) is 2.49. The van der Waals surface area contributed by atoms with Crippen molar-refractivity contribution in [3.63, 3.8) is 0 Å². The van der Waals surface area contributed by atoms with Crippen LogP contribution in [-0.2, 0) is 9.59 Å². The Bertz CT molecular complexity index is 694. The molecule has 0 saturated carbocycles. The molecule has 4 bridgehead atoms. The number of aldehydes is 1. The van der Waals surface area contributed by atoms with Crippen LogP contribution in [0.5, 0.6) is 0 Å². The van der Waals surface area contributed by atoms with Gasteiger partial charge in [-0.3, -0.25) is 4.79 Å². The number of carboxylic acid groups (broad SMARTS) is 1. The number of aliphatic carboxylic acids is 1. The lowest BCUT2D eigenvalue weighted by atomic mass is 9.86. The monoisotopic (exact) mass is 280 g/mol. The first-order chi connectivity index (χ1) is 10.2. The van der Waals surface area contributed by atoms with Crippen LogP contribution in [0.25, 0.3) is 0 Å². The summed E-state index contributed by atoms with van der Waals surface area (Å²) in [7, 11) is 0. The highest BCUT2D eigenvalue weighted by molar-refractivity contribution is 5.93. The van der Waals surface area contributed by atoms with Crippen molar-refractivity contribution in [2.75, 3.05) is 0 Å². The minimum Gasteiger partial charge on any atom is -0.478 e. The van der Waals surface area contributed by atoms with Gasteiger partial charge in [0.05, 0.1) is 5.57 Å². The van der Waals surface area contributed by atoms with Crippen LogP contribution in [0.4, 0.5) is 0 Å². The minimum absolute atomic E-state index is 0.357. The van der Waals surface area contributed by atoms with Gasteiger partial charge >= 0.3 is 5.97 Å². The standard InChI is InChI=1S/C18H16O3/c19-11-16-9-12-1-2-13-4-6-15(17(10-13)18(20)21)8-7-14(16)5-3-12/h1-2,7-11H,3-6H2,(H,20,21). The van der Waals surface area contributed by atoms with Crippen LogP contribution in [0, 0.1) is 0 Å². The maximum absolute atomic E-state index is 11.4. The second-order valence-electron chi connectivity index (χ2n) is 5.45. The Balaban J connectivity index is 2.18. The maximum atomic E-state index is 11.4. The molecule has 0 heterocycles. The van der Waals surface area contributed by atoms with Crippen molar-refractivity contribution in [3.05, 3.63) is 69.9 Å². The van der Waals surface area contributed by atoms with E-state index in [0.29, 0.717) is 11.1 Å². The Morgan fingerprint density at radius 3 is 2.19 bits per heavy atom. The fourth-order valence-corrected chi connectivity index (χ4v) is 2.89. The van der Waals surface area contributed by atoms with E-state index < -0.39 is 5.97 Å². The average molecular weight is 280 g/mol. The molecular formula is C18H16O3. The third-order valence-corrected chi connectivity index (χ3v) is 4.11. The fourth-order valence-electron chi connectivity index (χ4n) is 2.89. The third-order valence-electron chi connectivity index (χ3n) is 4.11. The molecule has 0 fully saturated rings. The lowest BCUT2D eigenvalue weighted by molar-refractivity contribution is -0.132. The summed E-state index contributed by atoms with van der Waals surface area (Å²) in [5, 5.41) is 9.36. The van der Waals surface area contributed by atoms with Gasteiger partial charge in [0.2, 0.25) is 0 Å². The number of carbonyl (C=O) groups excluding carboxylic acids is 1. The molecule has 6 aliphatic carbocycles. The number of allylic oxidation sites excluding steroid dienone is 10. The summed E-state index contributed by atoms with van der Waals surface area (Å²) in [6.07, 6.45) is 15.6. The molecule has 6 rings (SSSR count). The van der Waals surface area contributed by atoms with Crippen LogP contribution in [0.1, 0.15) is 25.7 Å². The van der Waals surface area contributed by atoms with Crippen molar-refractivity contribution in [2.45, 2.75) is 25.7 Å². The molecule has 0 unspecified atom stereocenters. The number of carbonyl (C=O) groups is 2. The van der Waals surface area contributed by atoms with Gasteiger partial charge in [-0.1, -0.05) is 24.3 Å². The van der Waals surface area contributed by atoms with Gasteiger partial charge in [-0.05, 0) is 60.1 Å². The first-order valence-corrected chi connectivity index (χ1v) is 7.09. The van der Waals surface area contributed by atoms with E-state index in [1.807, 2.05) is 30.4 Å². The number of carboxylic acids is 1. The van der Waals surface area contributed by atoms with Gasteiger partial charge in [-0.25, -0.2) is 4.79 Å². The molecular weight excluding hydrogens is 264 g/mol. The zero-order valence-electron chi connectivity index (χ0n) is 11.6. The molecule has 0 aromatic heterocycles. The SMILES string of the molecule is O=CC1=CC2=CC=C3C=C(C(=O)O)C(=CC=C1CC2)CC3. The summed E-state index contributed by atoms with van der Waals surface area (Å²) in [6, 6.07) is 0. The first-order valence-electron chi connectivity index (χ1n) is 7.09. The van der Waals surface area contributed by atoms with E-state index in [2.05, 4.69) is 0 Å². The molecule has 0 radical (unpaired) electrons. The molecule has 0 aromatic carbocycles. The number of hydrogen-bond donors (Lipinski definition) is 1. The van der Waals surface area contributed by atoms with Crippen molar-refractivity contribution in [2.24, 2.45) is 0 Å². The second-order valence-corrected chi connectivity index (χ2v) is 5.45. The summed E-state index contributed by atoms with van der Waals surface area (Å²) >= 11 is 0. The van der Waals surface area contributed by atoms with Crippen LogP contribution in [0.3, 0.4) is 0 Å². The summed E-state index contributed by atoms with van der Waals surface area (Å²) in [6.45, 7) is 0. The lowest BCUT2D eigenvalue weighted by Crippen LogP contribution is -2.09. The first kappa shape index (κ1) is 13.6. The molecule has 3 nitrogen and oxygen atoms in total. The smallest absolute Gasteiger partial charge is 0.335 e. The summed E-state index contributed by atoms with van der Waals surface area (Å²) < 4.78 is 0. The Morgan fingerprint density at radius 1 is 0.905 bits per heavy atom. The van der Waals surface area contributed by atoms with E-state index in [4.69, 9.17) is 0 Å². The molecule has 6 aliphatic rings. The second kappa shape index (κ2) is 5.52. The van der Waals surface area contributed by atoms with Crippen LogP contribution < -0.4 is 0 Å². The van der Waals surface area contributed by atoms with Crippen LogP contribution in [0.2, 0.25) is 0 Å². The molecule has 21 heavy (non-hydrogen) atoms. The van der Waals surface area contributed by atoms with E-state index in [-0.39, 0.29) is 0 Å². The molecule has 106 valence electrons. The third kappa shape index (κ3) is 2.72. The Hall–Kier alpha value is -2.42. The highest BCUT2D eigenvalue weighted by atomic mass is 16.4. The van der Waals surface area contributed by atoms with Gasteiger partial charge in [0.25, 0.3) is 0 Å². The van der Waals surface area contributed by atoms with E-state index >= 15 is 0 Å². The zero-order chi connectivity index (χ0) is 14.8. The quantitative estimate of drug-likeness (QED) is 0.788. The van der Waals surface area contributed by atoms with Crippen LogP contribution >= 0.6 is 0 Å². The number of rotatable bonds is 2. The summed E-state index contributed by atoms with van der Waals surface area (Å²) in [5.41, 5.74) is 4.99. The van der Waals surface area contributed by atoms with Gasteiger partial charge in [0.1, 0.15) is 6.29 Å². The van der Waals surface area contributed by atoms with Gasteiger partial charge < -0.3 is 5.11 Å². The van der Waals surface area contributed by atoms with Crippen molar-refractivity contribution >= 4 is 12.3 Å². The van der Waals surface area contributed by atoms with Crippen molar-refractivity contribution in [1.82, 2.24) is 0 Å². The van der Waals surface area contributed by atoms with Gasteiger partial charge in [-0.2, -0.15) is 0 Å². The Labute approximate surface area is 123 Å². The van der Waals surface area contributed by atoms with E-state index in [9.17, 15) is 14.7 Å². The van der Waals surface area contributed by atoms with Crippen molar-refractivity contribution < 1.29 is 14.7 Å². The highest BCUT2D eigenvalue weighted by Crippen LogP contribution is 2.32. The Kier molecular flexibility index (Phi) is 3.57. The maximum Gasteiger partial charge on any atom is 0.335 e. The van der Waals surface area contributed by atoms with Crippen LogP contribution in [-0.4, -0.2) is 17.4 Å². The van der Waals surface area contributed by atoms with E-state index in [0.717, 1.165) is 54.3 Å². The molecule has 0 aliphatic heterocycles. The molecule has 0 aromatic rings. The highest BCUT2D eigenvalue weighted by Gasteiger charge is 2.19. The summed E-state index contributed by atoms with van der Waals surface area (Å²) in [4.78, 5) is 22.6. The molecule has 0 atom stereocenters. The molecule has 3 heteroatoms. The van der Waals surface area contributed by atoms with Gasteiger partial charge in [-0.15, -0.1) is 0 Å². The summed E-state index contributed by atoms with van der Waals surface area (Å²) in [5.74, 6) is -0.897. The number of hydrogen-bond acceptors (Lipinski definition) is 2. The topological polar surface area (TPSA) is 54.4 Å².